The molecule has 0 bridgehead atoms. The smallest absolute Gasteiger partial charge is 0.240 e. The monoisotopic (exact) mass is 513 g/mol. The molecule has 2 rings (SSSR count). The Morgan fingerprint density at radius 2 is 1.86 bits per heavy atom. The normalized spacial score (nSPS) is 10.6. The number of carbonyl (C=O) groups is 2. The van der Waals surface area contributed by atoms with Crippen LogP contribution in [-0.2, 0) is 9.59 Å². The summed E-state index contributed by atoms with van der Waals surface area (Å²) in [6, 6.07) is 8.98. The van der Waals surface area contributed by atoms with E-state index in [2.05, 4.69) is 38.4 Å². The first-order valence-electron chi connectivity index (χ1n) is 8.80. The van der Waals surface area contributed by atoms with Crippen molar-refractivity contribution in [2.75, 3.05) is 19.0 Å². The van der Waals surface area contributed by atoms with Crippen LogP contribution in [0.3, 0.4) is 0 Å². The third-order valence-electron chi connectivity index (χ3n) is 3.65. The average Bonchev–Trinajstić information content (AvgIpc) is 2.70. The van der Waals surface area contributed by atoms with Crippen molar-refractivity contribution >= 4 is 46.3 Å². The van der Waals surface area contributed by atoms with E-state index in [9.17, 15) is 14.0 Å². The average molecular weight is 513 g/mol. The summed E-state index contributed by atoms with van der Waals surface area (Å²) in [5.41, 5.74) is 3.57. The Bertz CT molecular complexity index is 888. The molecule has 0 aliphatic carbocycles. The molecule has 154 valence electrons. The van der Waals surface area contributed by atoms with Crippen LogP contribution >= 0.6 is 22.6 Å². The van der Waals surface area contributed by atoms with Crippen LogP contribution in [-0.4, -0.2) is 31.7 Å². The van der Waals surface area contributed by atoms with Crippen LogP contribution in [0.25, 0.3) is 0 Å². The van der Waals surface area contributed by atoms with Gasteiger partial charge in [0.2, 0.25) is 11.8 Å². The zero-order chi connectivity index (χ0) is 21.2. The highest BCUT2D eigenvalue weighted by Crippen LogP contribution is 2.33. The van der Waals surface area contributed by atoms with Gasteiger partial charge < -0.3 is 14.8 Å². The number of nitrogens with one attached hydrogen (secondary N) is 2. The molecule has 0 aliphatic heterocycles. The quantitative estimate of drug-likeness (QED) is 0.304. The zero-order valence-corrected chi connectivity index (χ0v) is 18.2. The Balaban J connectivity index is 1.84. The van der Waals surface area contributed by atoms with Gasteiger partial charge in [0, 0.05) is 18.5 Å². The number of rotatable bonds is 9. The fourth-order valence-corrected chi connectivity index (χ4v) is 3.10. The Labute approximate surface area is 181 Å². The van der Waals surface area contributed by atoms with Gasteiger partial charge in [0.05, 0.1) is 23.5 Å². The first-order valence-corrected chi connectivity index (χ1v) is 9.88. The maximum Gasteiger partial charge on any atom is 0.240 e. The van der Waals surface area contributed by atoms with E-state index in [4.69, 9.17) is 9.47 Å². The lowest BCUT2D eigenvalue weighted by Gasteiger charge is -2.12. The molecular formula is C20H21FIN3O4. The molecule has 0 heterocycles. The Hall–Kier alpha value is -2.69. The van der Waals surface area contributed by atoms with Crippen LogP contribution in [0.4, 0.5) is 10.1 Å². The van der Waals surface area contributed by atoms with E-state index in [1.54, 1.807) is 13.2 Å². The van der Waals surface area contributed by atoms with Gasteiger partial charge in [0.25, 0.3) is 0 Å². The van der Waals surface area contributed by atoms with E-state index in [1.807, 2.05) is 13.0 Å². The van der Waals surface area contributed by atoms with Crippen LogP contribution in [0.1, 0.15) is 25.3 Å². The number of amides is 2. The fraction of sp³-hybridized carbons (Fsp3) is 0.250. The summed E-state index contributed by atoms with van der Waals surface area (Å²) in [4.78, 5) is 23.7. The van der Waals surface area contributed by atoms with E-state index >= 15 is 0 Å². The second-order valence-corrected chi connectivity index (χ2v) is 6.98. The highest BCUT2D eigenvalue weighted by molar-refractivity contribution is 14.1. The predicted octanol–water partition coefficient (Wildman–Crippen LogP) is 3.71. The summed E-state index contributed by atoms with van der Waals surface area (Å²) >= 11 is 2.14. The van der Waals surface area contributed by atoms with E-state index in [1.165, 1.54) is 30.5 Å². The van der Waals surface area contributed by atoms with E-state index in [0.717, 1.165) is 9.13 Å². The maximum atomic E-state index is 12.8. The first kappa shape index (κ1) is 22.6. The van der Waals surface area contributed by atoms with Gasteiger partial charge in [0.1, 0.15) is 5.82 Å². The third kappa shape index (κ3) is 7.33. The number of ether oxygens (including phenoxy) is 2. The number of methoxy groups -OCH3 is 1. The van der Waals surface area contributed by atoms with Gasteiger partial charge in [-0.05, 0) is 71.5 Å². The second-order valence-electron chi connectivity index (χ2n) is 5.82. The largest absolute Gasteiger partial charge is 0.493 e. The molecule has 0 unspecified atom stereocenters. The molecule has 7 nitrogen and oxygen atoms in total. The molecule has 0 aromatic heterocycles. The number of benzene rings is 2. The van der Waals surface area contributed by atoms with Crippen LogP contribution in [0, 0.1) is 9.39 Å². The Morgan fingerprint density at radius 1 is 1.17 bits per heavy atom. The van der Waals surface area contributed by atoms with Crippen molar-refractivity contribution in [2.45, 2.75) is 19.8 Å². The summed E-state index contributed by atoms with van der Waals surface area (Å²) in [6.07, 6.45) is 1.43. The molecule has 0 radical (unpaired) electrons. The Morgan fingerprint density at radius 3 is 2.52 bits per heavy atom. The number of anilines is 1. The van der Waals surface area contributed by atoms with Gasteiger partial charge >= 0.3 is 0 Å². The van der Waals surface area contributed by atoms with Crippen molar-refractivity contribution in [3.8, 4) is 11.5 Å². The standard InChI is InChI=1S/C20H21FIN3O4/c1-3-29-20-16(22)10-13(11-17(20)28-2)12-23-25-19(27)9-8-18(26)24-15-6-4-14(21)5-7-15/h4-7,10-12H,3,8-9H2,1-2H3,(H,24,26)(H,25,27). The van der Waals surface area contributed by atoms with Crippen LogP contribution < -0.4 is 20.2 Å². The highest BCUT2D eigenvalue weighted by atomic mass is 127. The van der Waals surface area contributed by atoms with Crippen molar-refractivity contribution in [2.24, 2.45) is 5.10 Å². The van der Waals surface area contributed by atoms with Crippen molar-refractivity contribution in [3.63, 3.8) is 0 Å². The predicted molar refractivity (Wildman–Crippen MR) is 117 cm³/mol. The molecule has 2 aromatic rings. The number of hydrazone groups is 1. The molecule has 0 fully saturated rings. The van der Waals surface area contributed by atoms with E-state index < -0.39 is 5.91 Å². The molecule has 2 N–H and O–H groups in total. The van der Waals surface area contributed by atoms with Crippen molar-refractivity contribution in [1.82, 2.24) is 5.43 Å². The molecule has 2 amide bonds. The minimum absolute atomic E-state index is 0.0203. The third-order valence-corrected chi connectivity index (χ3v) is 4.45. The first-order chi connectivity index (χ1) is 13.9. The van der Waals surface area contributed by atoms with Crippen LogP contribution in [0.5, 0.6) is 11.5 Å². The fourth-order valence-electron chi connectivity index (χ4n) is 2.32. The van der Waals surface area contributed by atoms with Gasteiger partial charge in [-0.2, -0.15) is 5.10 Å². The molecule has 0 aliphatic rings. The van der Waals surface area contributed by atoms with Crippen molar-refractivity contribution in [1.29, 1.82) is 0 Å². The molecule has 0 saturated heterocycles. The number of hydrogen-bond donors (Lipinski definition) is 2. The number of hydrogen-bond acceptors (Lipinski definition) is 5. The molecule has 2 aromatic carbocycles. The highest BCUT2D eigenvalue weighted by Gasteiger charge is 2.11. The summed E-state index contributed by atoms with van der Waals surface area (Å²) in [5.74, 6) is 0.0951. The van der Waals surface area contributed by atoms with E-state index in [0.29, 0.717) is 23.8 Å². The van der Waals surface area contributed by atoms with Crippen LogP contribution in [0.15, 0.2) is 41.5 Å². The molecular weight excluding hydrogens is 492 g/mol. The zero-order valence-electron chi connectivity index (χ0n) is 16.0. The van der Waals surface area contributed by atoms with Gasteiger partial charge in [-0.25, -0.2) is 9.82 Å². The molecule has 0 atom stereocenters. The van der Waals surface area contributed by atoms with Crippen LogP contribution in [0.2, 0.25) is 0 Å². The van der Waals surface area contributed by atoms with E-state index in [-0.39, 0.29) is 24.6 Å². The molecule has 9 heteroatoms. The van der Waals surface area contributed by atoms with Crippen molar-refractivity contribution in [3.05, 3.63) is 51.3 Å². The lowest BCUT2D eigenvalue weighted by atomic mass is 10.2. The topological polar surface area (TPSA) is 89.0 Å². The van der Waals surface area contributed by atoms with Gasteiger partial charge in [0.15, 0.2) is 11.5 Å². The number of halogens is 2. The molecule has 0 saturated carbocycles. The lowest BCUT2D eigenvalue weighted by molar-refractivity contribution is -0.124. The molecule has 29 heavy (non-hydrogen) atoms. The lowest BCUT2D eigenvalue weighted by Crippen LogP contribution is -2.20. The van der Waals surface area contributed by atoms with Gasteiger partial charge in [-0.3, -0.25) is 9.59 Å². The van der Waals surface area contributed by atoms with Crippen molar-refractivity contribution < 1.29 is 23.5 Å². The summed E-state index contributed by atoms with van der Waals surface area (Å²) in [5, 5.41) is 6.50. The number of carbonyl (C=O) groups excluding carboxylic acids is 2. The number of nitrogens with zero attached hydrogens (tertiary/aromatic N) is 1. The van der Waals surface area contributed by atoms with Gasteiger partial charge in [-0.1, -0.05) is 0 Å². The Kier molecular flexibility index (Phi) is 8.84. The van der Waals surface area contributed by atoms with Gasteiger partial charge in [-0.15, -0.1) is 0 Å². The second kappa shape index (κ2) is 11.3. The minimum atomic E-state index is -0.400. The summed E-state index contributed by atoms with van der Waals surface area (Å²) in [6.45, 7) is 2.41. The minimum Gasteiger partial charge on any atom is -0.493 e. The summed E-state index contributed by atoms with van der Waals surface area (Å²) < 4.78 is 24.6. The summed E-state index contributed by atoms with van der Waals surface area (Å²) in [7, 11) is 1.55. The molecule has 0 spiro atoms. The maximum absolute atomic E-state index is 12.8. The SMILES string of the molecule is CCOc1c(I)cc(C=NNC(=O)CCC(=O)Nc2ccc(F)cc2)cc1OC.